The first-order valence-corrected chi connectivity index (χ1v) is 5.25. The van der Waals surface area contributed by atoms with Crippen LogP contribution in [0, 0.1) is 11.3 Å². The summed E-state index contributed by atoms with van der Waals surface area (Å²) in [7, 11) is 1.75. The van der Waals surface area contributed by atoms with Crippen LogP contribution in [0.4, 0.5) is 0 Å². The standard InChI is InChI=1S/C11H22O2/c1-9(5-7-13-3)11(2)6-4-10(12)8-11/h9-10,12H,4-8H2,1-3H3. The zero-order valence-corrected chi connectivity index (χ0v) is 9.05. The Balaban J connectivity index is 2.40. The van der Waals surface area contributed by atoms with Crippen molar-refractivity contribution in [3.63, 3.8) is 0 Å². The highest BCUT2D eigenvalue weighted by Gasteiger charge is 2.38. The second kappa shape index (κ2) is 4.43. The molecular formula is C11H22O2. The molecule has 0 aromatic rings. The van der Waals surface area contributed by atoms with Crippen LogP contribution < -0.4 is 0 Å². The molecule has 0 amide bonds. The number of aliphatic hydroxyl groups is 1. The molecule has 0 bridgehead atoms. The molecule has 3 atom stereocenters. The van der Waals surface area contributed by atoms with Crippen molar-refractivity contribution in [3.8, 4) is 0 Å². The molecule has 0 aromatic heterocycles. The van der Waals surface area contributed by atoms with Crippen LogP contribution in [0.15, 0.2) is 0 Å². The van der Waals surface area contributed by atoms with Gasteiger partial charge in [0, 0.05) is 13.7 Å². The highest BCUT2D eigenvalue weighted by Crippen LogP contribution is 2.45. The average Bonchev–Trinajstić information content (AvgIpc) is 2.43. The Morgan fingerprint density at radius 3 is 2.77 bits per heavy atom. The van der Waals surface area contributed by atoms with Gasteiger partial charge in [-0.3, -0.25) is 0 Å². The zero-order chi connectivity index (χ0) is 9.90. The largest absolute Gasteiger partial charge is 0.393 e. The molecule has 78 valence electrons. The maximum absolute atomic E-state index is 9.51. The van der Waals surface area contributed by atoms with Gasteiger partial charge in [-0.15, -0.1) is 0 Å². The molecule has 3 unspecified atom stereocenters. The van der Waals surface area contributed by atoms with Crippen molar-refractivity contribution in [2.45, 2.75) is 45.6 Å². The number of hydrogen-bond acceptors (Lipinski definition) is 2. The molecule has 0 heterocycles. The van der Waals surface area contributed by atoms with Crippen LogP contribution in [0.5, 0.6) is 0 Å². The summed E-state index contributed by atoms with van der Waals surface area (Å²) in [4.78, 5) is 0. The zero-order valence-electron chi connectivity index (χ0n) is 9.05. The van der Waals surface area contributed by atoms with Gasteiger partial charge < -0.3 is 9.84 Å². The molecule has 2 nitrogen and oxygen atoms in total. The van der Waals surface area contributed by atoms with E-state index in [1.54, 1.807) is 7.11 Å². The van der Waals surface area contributed by atoms with Crippen LogP contribution in [0.25, 0.3) is 0 Å². The van der Waals surface area contributed by atoms with E-state index in [2.05, 4.69) is 13.8 Å². The summed E-state index contributed by atoms with van der Waals surface area (Å²) in [6.45, 7) is 5.41. The summed E-state index contributed by atoms with van der Waals surface area (Å²) in [5, 5.41) is 9.51. The topological polar surface area (TPSA) is 29.5 Å². The van der Waals surface area contributed by atoms with E-state index in [4.69, 9.17) is 4.74 Å². The average molecular weight is 186 g/mol. The van der Waals surface area contributed by atoms with Crippen LogP contribution in [0.1, 0.15) is 39.5 Å². The summed E-state index contributed by atoms with van der Waals surface area (Å²) in [6, 6.07) is 0. The third-order valence-electron chi connectivity index (χ3n) is 3.70. The minimum atomic E-state index is -0.0602. The fourth-order valence-corrected chi connectivity index (χ4v) is 2.33. The molecule has 0 aromatic carbocycles. The van der Waals surface area contributed by atoms with Crippen molar-refractivity contribution in [1.29, 1.82) is 0 Å². The van der Waals surface area contributed by atoms with Gasteiger partial charge >= 0.3 is 0 Å². The fourth-order valence-electron chi connectivity index (χ4n) is 2.33. The first-order valence-electron chi connectivity index (χ1n) is 5.25. The van der Waals surface area contributed by atoms with E-state index in [1.807, 2.05) is 0 Å². The predicted molar refractivity (Wildman–Crippen MR) is 53.6 cm³/mol. The summed E-state index contributed by atoms with van der Waals surface area (Å²) in [5.41, 5.74) is 0.345. The predicted octanol–water partition coefficient (Wildman–Crippen LogP) is 2.21. The Labute approximate surface area is 81.3 Å². The first-order chi connectivity index (χ1) is 6.08. The van der Waals surface area contributed by atoms with Crippen LogP contribution >= 0.6 is 0 Å². The molecule has 1 aliphatic rings. The minimum absolute atomic E-state index is 0.0602. The molecule has 13 heavy (non-hydrogen) atoms. The van der Waals surface area contributed by atoms with Crippen LogP contribution in [-0.2, 0) is 4.74 Å². The highest BCUT2D eigenvalue weighted by atomic mass is 16.5. The lowest BCUT2D eigenvalue weighted by atomic mass is 9.75. The number of aliphatic hydroxyl groups excluding tert-OH is 1. The Hall–Kier alpha value is -0.0800. The van der Waals surface area contributed by atoms with Crippen molar-refractivity contribution >= 4 is 0 Å². The molecule has 0 aliphatic heterocycles. The van der Waals surface area contributed by atoms with Crippen molar-refractivity contribution < 1.29 is 9.84 Å². The molecule has 1 fully saturated rings. The van der Waals surface area contributed by atoms with Gasteiger partial charge in [0.1, 0.15) is 0 Å². The van der Waals surface area contributed by atoms with E-state index in [-0.39, 0.29) is 6.10 Å². The number of ether oxygens (including phenoxy) is 1. The van der Waals surface area contributed by atoms with Gasteiger partial charge in [0.2, 0.25) is 0 Å². The Bertz CT molecular complexity index is 158. The lowest BCUT2D eigenvalue weighted by molar-refractivity contribution is 0.108. The van der Waals surface area contributed by atoms with E-state index < -0.39 is 0 Å². The summed E-state index contributed by atoms with van der Waals surface area (Å²) >= 11 is 0. The molecule has 2 heteroatoms. The lowest BCUT2D eigenvalue weighted by Crippen LogP contribution is -2.24. The maximum atomic E-state index is 9.51. The quantitative estimate of drug-likeness (QED) is 0.729. The number of hydrogen-bond donors (Lipinski definition) is 1. The van der Waals surface area contributed by atoms with Gasteiger partial charge in [0.15, 0.2) is 0 Å². The number of methoxy groups -OCH3 is 1. The molecule has 1 rings (SSSR count). The maximum Gasteiger partial charge on any atom is 0.0545 e. The molecule has 0 saturated heterocycles. The normalized spacial score (nSPS) is 36.5. The van der Waals surface area contributed by atoms with E-state index in [0.717, 1.165) is 25.9 Å². The lowest BCUT2D eigenvalue weighted by Gasteiger charge is -2.31. The summed E-state index contributed by atoms with van der Waals surface area (Å²) in [6.07, 6.45) is 4.17. The second-order valence-corrected chi connectivity index (χ2v) is 4.73. The monoisotopic (exact) mass is 186 g/mol. The Morgan fingerprint density at radius 2 is 2.31 bits per heavy atom. The van der Waals surface area contributed by atoms with Crippen molar-refractivity contribution in [3.05, 3.63) is 0 Å². The SMILES string of the molecule is COCCC(C)C1(C)CCC(O)C1. The van der Waals surface area contributed by atoms with E-state index >= 15 is 0 Å². The minimum Gasteiger partial charge on any atom is -0.393 e. The molecule has 1 N–H and O–H groups in total. The third-order valence-corrected chi connectivity index (χ3v) is 3.70. The van der Waals surface area contributed by atoms with E-state index in [1.165, 1.54) is 6.42 Å². The van der Waals surface area contributed by atoms with Gasteiger partial charge in [-0.05, 0) is 37.0 Å². The van der Waals surface area contributed by atoms with Crippen molar-refractivity contribution in [1.82, 2.24) is 0 Å². The molecule has 1 saturated carbocycles. The van der Waals surface area contributed by atoms with Gasteiger partial charge in [0.25, 0.3) is 0 Å². The van der Waals surface area contributed by atoms with Crippen molar-refractivity contribution in [2.24, 2.45) is 11.3 Å². The highest BCUT2D eigenvalue weighted by molar-refractivity contribution is 4.89. The van der Waals surface area contributed by atoms with Gasteiger partial charge in [0.05, 0.1) is 6.10 Å². The van der Waals surface area contributed by atoms with Gasteiger partial charge in [-0.2, -0.15) is 0 Å². The first kappa shape index (κ1) is 11.0. The fraction of sp³-hybridized carbons (Fsp3) is 1.00. The molecule has 0 spiro atoms. The third kappa shape index (κ3) is 2.68. The van der Waals surface area contributed by atoms with E-state index in [9.17, 15) is 5.11 Å². The number of rotatable bonds is 4. The molecular weight excluding hydrogens is 164 g/mol. The van der Waals surface area contributed by atoms with Crippen LogP contribution in [0.3, 0.4) is 0 Å². The van der Waals surface area contributed by atoms with E-state index in [0.29, 0.717) is 11.3 Å². The smallest absolute Gasteiger partial charge is 0.0545 e. The molecule has 1 aliphatic carbocycles. The van der Waals surface area contributed by atoms with Crippen LogP contribution in [0.2, 0.25) is 0 Å². The Kier molecular flexibility index (Phi) is 3.74. The van der Waals surface area contributed by atoms with Crippen LogP contribution in [-0.4, -0.2) is 24.9 Å². The van der Waals surface area contributed by atoms with Gasteiger partial charge in [-0.1, -0.05) is 13.8 Å². The van der Waals surface area contributed by atoms with Gasteiger partial charge in [-0.25, -0.2) is 0 Å². The summed E-state index contributed by atoms with van der Waals surface area (Å²) in [5.74, 6) is 0.657. The second-order valence-electron chi connectivity index (χ2n) is 4.73. The summed E-state index contributed by atoms with van der Waals surface area (Å²) < 4.78 is 5.08. The van der Waals surface area contributed by atoms with Crippen molar-refractivity contribution in [2.75, 3.05) is 13.7 Å². The Morgan fingerprint density at radius 1 is 1.62 bits per heavy atom. The molecule has 0 radical (unpaired) electrons.